The van der Waals surface area contributed by atoms with Gasteiger partial charge in [-0.15, -0.1) is 0 Å². The number of hydrogen-bond donors (Lipinski definition) is 3. The molecule has 14 heavy (non-hydrogen) atoms. The molecule has 5 nitrogen and oxygen atoms in total. The molecular formula is C9H18N2O3. The van der Waals surface area contributed by atoms with E-state index < -0.39 is 5.97 Å². The summed E-state index contributed by atoms with van der Waals surface area (Å²) < 4.78 is 0. The second kappa shape index (κ2) is 4.72. The number of nitrogens with one attached hydrogen (secondary N) is 1. The monoisotopic (exact) mass is 202 g/mol. The third-order valence-electron chi connectivity index (χ3n) is 2.81. The van der Waals surface area contributed by atoms with E-state index in [0.717, 1.165) is 6.54 Å². The Morgan fingerprint density at radius 3 is 2.50 bits per heavy atom. The average Bonchev–Trinajstić information content (AvgIpc) is 2.07. The molecule has 1 aliphatic heterocycles. The highest BCUT2D eigenvalue weighted by molar-refractivity contribution is 5.68. The van der Waals surface area contributed by atoms with E-state index in [1.807, 2.05) is 11.8 Å². The van der Waals surface area contributed by atoms with Crippen LogP contribution in [0, 0.1) is 0 Å². The van der Waals surface area contributed by atoms with Crippen LogP contribution in [0.25, 0.3) is 0 Å². The van der Waals surface area contributed by atoms with Crippen molar-refractivity contribution < 1.29 is 15.0 Å². The highest BCUT2D eigenvalue weighted by Crippen LogP contribution is 2.24. The number of likely N-dealkylation sites (N-methyl/N-ethyl adjacent to an activating group) is 1. The van der Waals surface area contributed by atoms with E-state index in [0.29, 0.717) is 19.6 Å². The standard InChI is InChI=1S/C9H18N2O3/c1-2-11(3-4-12)9(5-8(13)14)6-10-7-9/h10,12H,2-7H2,1H3,(H,13,14). The lowest BCUT2D eigenvalue weighted by Gasteiger charge is -2.49. The van der Waals surface area contributed by atoms with E-state index in [-0.39, 0.29) is 18.6 Å². The van der Waals surface area contributed by atoms with Gasteiger partial charge in [0.25, 0.3) is 0 Å². The van der Waals surface area contributed by atoms with Crippen molar-refractivity contribution in [3.8, 4) is 0 Å². The number of aliphatic carboxylic acids is 1. The number of hydrogen-bond acceptors (Lipinski definition) is 4. The molecule has 0 bridgehead atoms. The van der Waals surface area contributed by atoms with Gasteiger partial charge in [-0.3, -0.25) is 9.69 Å². The predicted molar refractivity (Wildman–Crippen MR) is 52.2 cm³/mol. The highest BCUT2D eigenvalue weighted by atomic mass is 16.4. The van der Waals surface area contributed by atoms with E-state index in [1.165, 1.54) is 0 Å². The molecule has 0 atom stereocenters. The van der Waals surface area contributed by atoms with Gasteiger partial charge in [-0.1, -0.05) is 6.92 Å². The molecule has 0 aromatic heterocycles. The fourth-order valence-corrected chi connectivity index (χ4v) is 2.01. The Morgan fingerprint density at radius 1 is 1.57 bits per heavy atom. The van der Waals surface area contributed by atoms with Gasteiger partial charge in [-0.05, 0) is 6.54 Å². The molecule has 1 saturated heterocycles. The van der Waals surface area contributed by atoms with Crippen molar-refractivity contribution in [2.45, 2.75) is 18.9 Å². The largest absolute Gasteiger partial charge is 0.481 e. The van der Waals surface area contributed by atoms with Crippen LogP contribution < -0.4 is 5.32 Å². The Labute approximate surface area is 83.7 Å². The van der Waals surface area contributed by atoms with Gasteiger partial charge in [-0.25, -0.2) is 0 Å². The zero-order valence-corrected chi connectivity index (χ0v) is 8.49. The third kappa shape index (κ3) is 2.23. The molecule has 0 amide bonds. The van der Waals surface area contributed by atoms with Crippen molar-refractivity contribution in [2.75, 3.05) is 32.8 Å². The summed E-state index contributed by atoms with van der Waals surface area (Å²) in [5.41, 5.74) is -0.274. The fraction of sp³-hybridized carbons (Fsp3) is 0.889. The number of carboxylic acid groups (broad SMARTS) is 1. The highest BCUT2D eigenvalue weighted by Gasteiger charge is 2.43. The summed E-state index contributed by atoms with van der Waals surface area (Å²) in [6.07, 6.45) is 0.147. The lowest BCUT2D eigenvalue weighted by Crippen LogP contribution is -2.69. The Bertz CT molecular complexity index is 204. The van der Waals surface area contributed by atoms with Crippen molar-refractivity contribution >= 4 is 5.97 Å². The number of aliphatic hydroxyl groups is 1. The Hall–Kier alpha value is -0.650. The van der Waals surface area contributed by atoms with Crippen LogP contribution in [-0.2, 0) is 4.79 Å². The molecule has 1 fully saturated rings. The summed E-state index contributed by atoms with van der Waals surface area (Å²) in [5.74, 6) is -0.775. The average molecular weight is 202 g/mol. The summed E-state index contributed by atoms with van der Waals surface area (Å²) in [6.45, 7) is 4.79. The van der Waals surface area contributed by atoms with Crippen molar-refractivity contribution in [3.05, 3.63) is 0 Å². The van der Waals surface area contributed by atoms with E-state index in [9.17, 15) is 4.79 Å². The van der Waals surface area contributed by atoms with Gasteiger partial charge in [0.05, 0.1) is 18.6 Å². The number of nitrogens with zero attached hydrogens (tertiary/aromatic N) is 1. The van der Waals surface area contributed by atoms with Crippen LogP contribution >= 0.6 is 0 Å². The molecule has 3 N–H and O–H groups in total. The van der Waals surface area contributed by atoms with E-state index in [4.69, 9.17) is 10.2 Å². The molecule has 0 radical (unpaired) electrons. The van der Waals surface area contributed by atoms with Crippen LogP contribution in [0.4, 0.5) is 0 Å². The summed E-state index contributed by atoms with van der Waals surface area (Å²) in [7, 11) is 0. The minimum absolute atomic E-state index is 0.0786. The predicted octanol–water partition coefficient (Wildman–Crippen LogP) is -0.883. The summed E-state index contributed by atoms with van der Waals surface area (Å²) in [6, 6.07) is 0. The van der Waals surface area contributed by atoms with Crippen LogP contribution in [0.15, 0.2) is 0 Å². The Balaban J connectivity index is 2.61. The molecule has 0 aromatic carbocycles. The van der Waals surface area contributed by atoms with Gasteiger partial charge in [-0.2, -0.15) is 0 Å². The molecule has 82 valence electrons. The van der Waals surface area contributed by atoms with E-state index in [2.05, 4.69) is 5.32 Å². The summed E-state index contributed by atoms with van der Waals surface area (Å²) in [4.78, 5) is 12.8. The first-order valence-electron chi connectivity index (χ1n) is 4.93. The van der Waals surface area contributed by atoms with Crippen LogP contribution in [0.2, 0.25) is 0 Å². The first-order valence-corrected chi connectivity index (χ1v) is 4.93. The number of carbonyl (C=O) groups is 1. The van der Waals surface area contributed by atoms with Crippen LogP contribution in [0.1, 0.15) is 13.3 Å². The van der Waals surface area contributed by atoms with Crippen LogP contribution in [0.3, 0.4) is 0 Å². The molecule has 1 aliphatic rings. The summed E-state index contributed by atoms with van der Waals surface area (Å²) in [5, 5.41) is 20.8. The zero-order valence-electron chi connectivity index (χ0n) is 8.49. The third-order valence-corrected chi connectivity index (χ3v) is 2.81. The fourth-order valence-electron chi connectivity index (χ4n) is 2.01. The molecule has 0 spiro atoms. The van der Waals surface area contributed by atoms with Crippen molar-refractivity contribution in [1.82, 2.24) is 10.2 Å². The topological polar surface area (TPSA) is 72.8 Å². The normalized spacial score (nSPS) is 19.4. The van der Waals surface area contributed by atoms with Gasteiger partial charge >= 0.3 is 5.97 Å². The maximum atomic E-state index is 10.7. The first-order chi connectivity index (χ1) is 6.64. The molecule has 1 heterocycles. The molecule has 0 unspecified atom stereocenters. The molecule has 0 saturated carbocycles. The summed E-state index contributed by atoms with van der Waals surface area (Å²) >= 11 is 0. The lowest BCUT2D eigenvalue weighted by atomic mass is 9.86. The van der Waals surface area contributed by atoms with Crippen LogP contribution in [0.5, 0.6) is 0 Å². The van der Waals surface area contributed by atoms with Crippen molar-refractivity contribution in [3.63, 3.8) is 0 Å². The molecular weight excluding hydrogens is 184 g/mol. The second-order valence-corrected chi connectivity index (χ2v) is 3.70. The van der Waals surface area contributed by atoms with Crippen LogP contribution in [-0.4, -0.2) is 59.4 Å². The number of aliphatic hydroxyl groups excluding tert-OH is 1. The zero-order chi connectivity index (χ0) is 10.6. The van der Waals surface area contributed by atoms with Gasteiger partial charge in [0.15, 0.2) is 0 Å². The molecule has 5 heteroatoms. The Kier molecular flexibility index (Phi) is 3.86. The first kappa shape index (κ1) is 11.4. The van der Waals surface area contributed by atoms with Gasteiger partial charge < -0.3 is 15.5 Å². The van der Waals surface area contributed by atoms with Gasteiger partial charge in [0.2, 0.25) is 0 Å². The minimum atomic E-state index is -0.775. The van der Waals surface area contributed by atoms with Crippen molar-refractivity contribution in [1.29, 1.82) is 0 Å². The second-order valence-electron chi connectivity index (χ2n) is 3.70. The minimum Gasteiger partial charge on any atom is -0.481 e. The smallest absolute Gasteiger partial charge is 0.305 e. The van der Waals surface area contributed by atoms with E-state index in [1.54, 1.807) is 0 Å². The number of carboxylic acids is 1. The van der Waals surface area contributed by atoms with E-state index >= 15 is 0 Å². The van der Waals surface area contributed by atoms with Gasteiger partial charge in [0, 0.05) is 19.6 Å². The Morgan fingerprint density at radius 2 is 2.21 bits per heavy atom. The number of β-amino-alcohol motifs (C(OH)–C–C–N with tert-alkyl or cyclic N) is 1. The molecule has 0 aliphatic carbocycles. The lowest BCUT2D eigenvalue weighted by molar-refractivity contribution is -0.142. The van der Waals surface area contributed by atoms with Crippen molar-refractivity contribution in [2.24, 2.45) is 0 Å². The maximum absolute atomic E-state index is 10.7. The molecule has 0 aromatic rings. The molecule has 1 rings (SSSR count). The quantitative estimate of drug-likeness (QED) is 0.521. The van der Waals surface area contributed by atoms with Gasteiger partial charge in [0.1, 0.15) is 0 Å². The SMILES string of the molecule is CCN(CCO)C1(CC(=O)O)CNC1. The maximum Gasteiger partial charge on any atom is 0.305 e. The number of rotatable bonds is 6.